The summed E-state index contributed by atoms with van der Waals surface area (Å²) in [4.78, 5) is 70.9. The number of nitrogens with two attached hydrogens (primary N) is 2. The molecule has 13 nitrogen and oxygen atoms in total. The zero-order valence-electron chi connectivity index (χ0n) is 18.6. The van der Waals surface area contributed by atoms with E-state index in [2.05, 4.69) is 16.0 Å². The van der Waals surface area contributed by atoms with E-state index in [0.717, 1.165) is 0 Å². The van der Waals surface area contributed by atoms with Gasteiger partial charge in [0, 0.05) is 6.42 Å². The fraction of sp³-hybridized carbons (Fsp3) is 0.684. The number of amides is 4. The van der Waals surface area contributed by atoms with Gasteiger partial charge in [0.15, 0.2) is 0 Å². The number of carbonyl (C=O) groups is 6. The minimum atomic E-state index is -1.47. The van der Waals surface area contributed by atoms with E-state index in [1.54, 1.807) is 27.7 Å². The maximum Gasteiger partial charge on any atom is 0.326 e. The highest BCUT2D eigenvalue weighted by Crippen LogP contribution is 2.07. The Kier molecular flexibility index (Phi) is 11.9. The second-order valence-electron chi connectivity index (χ2n) is 8.07. The minimum absolute atomic E-state index is 0.147. The van der Waals surface area contributed by atoms with E-state index < -0.39 is 78.0 Å². The van der Waals surface area contributed by atoms with Gasteiger partial charge in [-0.25, -0.2) is 4.79 Å². The van der Waals surface area contributed by atoms with E-state index in [1.165, 1.54) is 0 Å². The number of carboxylic acid groups (broad SMARTS) is 2. The molecule has 0 radical (unpaired) electrons. The number of rotatable bonds is 14. The molecule has 0 bridgehead atoms. The number of primary amides is 1. The smallest absolute Gasteiger partial charge is 0.326 e. The molecule has 0 spiro atoms. The third-order valence-corrected chi connectivity index (χ3v) is 4.52. The number of hydrogen-bond donors (Lipinski definition) is 7. The predicted octanol–water partition coefficient (Wildman–Crippen LogP) is -2.10. The molecule has 0 aliphatic rings. The number of nitrogens with one attached hydrogen (secondary N) is 3. The van der Waals surface area contributed by atoms with Crippen LogP contribution in [0.25, 0.3) is 0 Å². The monoisotopic (exact) mass is 459 g/mol. The van der Waals surface area contributed by atoms with Crippen LogP contribution < -0.4 is 27.4 Å². The molecular weight excluding hydrogens is 426 g/mol. The van der Waals surface area contributed by atoms with E-state index in [9.17, 15) is 33.9 Å². The van der Waals surface area contributed by atoms with Crippen molar-refractivity contribution in [3.63, 3.8) is 0 Å². The van der Waals surface area contributed by atoms with Crippen LogP contribution in [0, 0.1) is 11.8 Å². The Labute approximate surface area is 185 Å². The Morgan fingerprint density at radius 1 is 0.781 bits per heavy atom. The summed E-state index contributed by atoms with van der Waals surface area (Å²) in [5.41, 5.74) is 10.8. The fourth-order valence-electron chi connectivity index (χ4n) is 2.64. The number of carboxylic acids is 2. The molecule has 0 rings (SSSR count). The van der Waals surface area contributed by atoms with Gasteiger partial charge in [-0.05, 0) is 18.3 Å². The summed E-state index contributed by atoms with van der Waals surface area (Å²) in [6, 6.07) is -5.07. The van der Waals surface area contributed by atoms with Crippen molar-refractivity contribution in [2.75, 3.05) is 0 Å². The van der Waals surface area contributed by atoms with Crippen molar-refractivity contribution in [3.8, 4) is 0 Å². The van der Waals surface area contributed by atoms with E-state index >= 15 is 0 Å². The van der Waals surface area contributed by atoms with Crippen LogP contribution in [0.2, 0.25) is 0 Å². The normalized spacial score (nSPS) is 14.7. The molecule has 0 aromatic heterocycles. The molecule has 0 aromatic rings. The van der Waals surface area contributed by atoms with Crippen LogP contribution in [-0.4, -0.2) is 69.9 Å². The van der Waals surface area contributed by atoms with Crippen LogP contribution in [0.15, 0.2) is 0 Å². The Morgan fingerprint density at radius 3 is 1.69 bits per heavy atom. The fourth-order valence-corrected chi connectivity index (χ4v) is 2.64. The minimum Gasteiger partial charge on any atom is -0.481 e. The molecule has 0 aliphatic carbocycles. The molecule has 4 unspecified atom stereocenters. The third kappa shape index (κ3) is 10.2. The molecule has 0 saturated heterocycles. The molecule has 0 fully saturated rings. The van der Waals surface area contributed by atoms with Crippen LogP contribution in [0.1, 0.15) is 47.0 Å². The van der Waals surface area contributed by atoms with Crippen LogP contribution in [-0.2, 0) is 28.8 Å². The van der Waals surface area contributed by atoms with E-state index in [-0.39, 0.29) is 12.8 Å². The summed E-state index contributed by atoms with van der Waals surface area (Å²) in [6.45, 7) is 6.35. The largest absolute Gasteiger partial charge is 0.481 e. The SMILES string of the molecule is CC(C)C(NC(=O)C(CC(N)=O)NC(=O)C(NC(=O)C(N)CCC(=O)O)C(C)C)C(=O)O. The Balaban J connectivity index is 5.41. The summed E-state index contributed by atoms with van der Waals surface area (Å²) in [7, 11) is 0. The van der Waals surface area contributed by atoms with Crippen LogP contribution in [0.3, 0.4) is 0 Å². The zero-order valence-corrected chi connectivity index (χ0v) is 18.6. The summed E-state index contributed by atoms with van der Waals surface area (Å²) >= 11 is 0. The van der Waals surface area contributed by atoms with Gasteiger partial charge >= 0.3 is 11.9 Å². The lowest BCUT2D eigenvalue weighted by molar-refractivity contribution is -0.144. The molecule has 32 heavy (non-hydrogen) atoms. The number of hydrogen-bond acceptors (Lipinski definition) is 7. The molecule has 9 N–H and O–H groups in total. The highest BCUT2D eigenvalue weighted by molar-refractivity contribution is 5.96. The standard InChI is InChI=1S/C19H33N5O8/c1-8(2)14(23-16(28)10(20)5-6-13(26)27)18(30)22-11(7-12(21)25)17(29)24-15(9(3)4)19(31)32/h8-11,14-15H,5-7,20H2,1-4H3,(H2,21,25)(H,22,30)(H,23,28)(H,24,29)(H,26,27)(H,31,32). The van der Waals surface area contributed by atoms with E-state index in [0.29, 0.717) is 0 Å². The van der Waals surface area contributed by atoms with Gasteiger partial charge in [-0.2, -0.15) is 0 Å². The molecule has 4 atom stereocenters. The molecule has 0 aliphatic heterocycles. The summed E-state index contributed by atoms with van der Waals surface area (Å²) in [5.74, 6) is -6.79. The first-order valence-corrected chi connectivity index (χ1v) is 10.1. The first-order chi connectivity index (χ1) is 14.7. The lowest BCUT2D eigenvalue weighted by Gasteiger charge is -2.27. The van der Waals surface area contributed by atoms with Crippen molar-refractivity contribution in [1.82, 2.24) is 16.0 Å². The van der Waals surface area contributed by atoms with Crippen molar-refractivity contribution in [2.45, 2.75) is 71.1 Å². The topological polar surface area (TPSA) is 231 Å². The maximum atomic E-state index is 12.7. The van der Waals surface area contributed by atoms with Crippen molar-refractivity contribution in [1.29, 1.82) is 0 Å². The zero-order chi connectivity index (χ0) is 25.2. The highest BCUT2D eigenvalue weighted by atomic mass is 16.4. The molecular formula is C19H33N5O8. The van der Waals surface area contributed by atoms with Gasteiger partial charge in [-0.3, -0.25) is 24.0 Å². The van der Waals surface area contributed by atoms with Gasteiger partial charge in [-0.1, -0.05) is 27.7 Å². The van der Waals surface area contributed by atoms with Crippen molar-refractivity contribution in [2.24, 2.45) is 23.3 Å². The van der Waals surface area contributed by atoms with Crippen molar-refractivity contribution in [3.05, 3.63) is 0 Å². The van der Waals surface area contributed by atoms with Crippen LogP contribution in [0.5, 0.6) is 0 Å². The summed E-state index contributed by atoms with van der Waals surface area (Å²) in [6.07, 6.45) is -1.08. The van der Waals surface area contributed by atoms with Gasteiger partial charge in [0.05, 0.1) is 12.5 Å². The van der Waals surface area contributed by atoms with Gasteiger partial charge in [0.25, 0.3) is 0 Å². The predicted molar refractivity (Wildman–Crippen MR) is 112 cm³/mol. The third-order valence-electron chi connectivity index (χ3n) is 4.52. The molecule has 0 saturated carbocycles. The van der Waals surface area contributed by atoms with Gasteiger partial charge in [0.2, 0.25) is 23.6 Å². The summed E-state index contributed by atoms with van der Waals surface area (Å²) < 4.78 is 0. The molecule has 182 valence electrons. The molecule has 13 heteroatoms. The Hall–Kier alpha value is -3.22. The van der Waals surface area contributed by atoms with Gasteiger partial charge in [-0.15, -0.1) is 0 Å². The molecule has 4 amide bonds. The number of carbonyl (C=O) groups excluding carboxylic acids is 4. The quantitative estimate of drug-likeness (QED) is 0.151. The maximum absolute atomic E-state index is 12.7. The van der Waals surface area contributed by atoms with Crippen molar-refractivity contribution >= 4 is 35.6 Å². The lowest BCUT2D eigenvalue weighted by Crippen LogP contribution is -2.59. The molecule has 0 heterocycles. The Morgan fingerprint density at radius 2 is 1.28 bits per heavy atom. The average molecular weight is 460 g/mol. The van der Waals surface area contributed by atoms with E-state index in [1.807, 2.05) is 0 Å². The lowest BCUT2D eigenvalue weighted by atomic mass is 10.0. The molecule has 0 aromatic carbocycles. The second kappa shape index (κ2) is 13.2. The average Bonchev–Trinajstić information content (AvgIpc) is 2.65. The van der Waals surface area contributed by atoms with Gasteiger partial charge in [0.1, 0.15) is 18.1 Å². The highest BCUT2D eigenvalue weighted by Gasteiger charge is 2.33. The van der Waals surface area contributed by atoms with Crippen LogP contribution >= 0.6 is 0 Å². The van der Waals surface area contributed by atoms with E-state index in [4.69, 9.17) is 16.6 Å². The first-order valence-electron chi connectivity index (χ1n) is 10.1. The number of aliphatic carboxylic acids is 2. The first kappa shape index (κ1) is 28.8. The second-order valence-corrected chi connectivity index (χ2v) is 8.07. The summed E-state index contributed by atoms with van der Waals surface area (Å²) in [5, 5.41) is 24.9. The Bertz CT molecular complexity index is 725. The van der Waals surface area contributed by atoms with Crippen molar-refractivity contribution < 1.29 is 39.0 Å². The van der Waals surface area contributed by atoms with Crippen LogP contribution in [0.4, 0.5) is 0 Å². The van der Waals surface area contributed by atoms with Gasteiger partial charge < -0.3 is 37.6 Å².